The van der Waals surface area contributed by atoms with Crippen molar-refractivity contribution >= 4 is 16.9 Å². The summed E-state index contributed by atoms with van der Waals surface area (Å²) in [6, 6.07) is 9.65. The van der Waals surface area contributed by atoms with Crippen LogP contribution in [0.25, 0.3) is 11.0 Å². The van der Waals surface area contributed by atoms with Crippen LogP contribution < -0.4 is 5.73 Å². The summed E-state index contributed by atoms with van der Waals surface area (Å²) >= 11 is 0. The number of amides is 1. The van der Waals surface area contributed by atoms with Crippen LogP contribution in [0.2, 0.25) is 0 Å². The van der Waals surface area contributed by atoms with E-state index in [1.54, 1.807) is 16.9 Å². The fourth-order valence-corrected chi connectivity index (χ4v) is 2.30. The second kappa shape index (κ2) is 4.80. The molecule has 0 radical (unpaired) electrons. The monoisotopic (exact) mass is 269 g/mol. The summed E-state index contributed by atoms with van der Waals surface area (Å²) < 4.78 is 3.86. The predicted molar refractivity (Wildman–Crippen MR) is 75.2 cm³/mol. The zero-order valence-electron chi connectivity index (χ0n) is 11.2. The molecular weight excluding hydrogens is 254 g/mol. The second-order valence-electron chi connectivity index (χ2n) is 4.63. The summed E-state index contributed by atoms with van der Waals surface area (Å²) in [4.78, 5) is 15.5. The lowest BCUT2D eigenvalue weighted by Crippen LogP contribution is -2.14. The van der Waals surface area contributed by atoms with Gasteiger partial charge >= 0.3 is 0 Å². The summed E-state index contributed by atoms with van der Waals surface area (Å²) in [7, 11) is 0. The average molecular weight is 269 g/mol. The number of carbonyl (C=O) groups is 1. The van der Waals surface area contributed by atoms with E-state index in [9.17, 15) is 4.79 Å². The number of hydrogen-bond acceptors (Lipinski definition) is 3. The molecule has 0 atom stereocenters. The van der Waals surface area contributed by atoms with E-state index in [0.717, 1.165) is 23.4 Å². The number of aromatic nitrogens is 4. The van der Waals surface area contributed by atoms with Crippen molar-refractivity contribution in [2.24, 2.45) is 5.73 Å². The first-order valence-electron chi connectivity index (χ1n) is 6.40. The molecule has 2 aromatic heterocycles. The Hall–Kier alpha value is -2.63. The van der Waals surface area contributed by atoms with Crippen molar-refractivity contribution in [1.29, 1.82) is 0 Å². The molecule has 0 fully saturated rings. The quantitative estimate of drug-likeness (QED) is 0.776. The Labute approximate surface area is 115 Å². The lowest BCUT2D eigenvalue weighted by molar-refractivity contribution is 0.0994. The molecule has 0 saturated carbocycles. The number of nitrogens with two attached hydrogens (primary N) is 1. The summed E-state index contributed by atoms with van der Waals surface area (Å²) in [6.07, 6.45) is 1.76. The molecule has 6 heteroatoms. The van der Waals surface area contributed by atoms with Gasteiger partial charge in [0, 0.05) is 12.7 Å². The van der Waals surface area contributed by atoms with Crippen molar-refractivity contribution in [1.82, 2.24) is 19.3 Å². The highest BCUT2D eigenvalue weighted by atomic mass is 16.1. The van der Waals surface area contributed by atoms with E-state index < -0.39 is 5.91 Å². The summed E-state index contributed by atoms with van der Waals surface area (Å²) in [5, 5.41) is 4.13. The number of benzene rings is 1. The zero-order chi connectivity index (χ0) is 14.1. The van der Waals surface area contributed by atoms with Gasteiger partial charge in [-0.1, -0.05) is 12.1 Å². The van der Waals surface area contributed by atoms with Gasteiger partial charge in [0.25, 0.3) is 5.91 Å². The molecule has 0 unspecified atom stereocenters. The molecule has 20 heavy (non-hydrogen) atoms. The number of primary amides is 1. The van der Waals surface area contributed by atoms with E-state index in [1.807, 2.05) is 31.2 Å². The van der Waals surface area contributed by atoms with Gasteiger partial charge in [0.2, 0.25) is 0 Å². The van der Waals surface area contributed by atoms with E-state index in [-0.39, 0.29) is 5.69 Å². The number of carbonyl (C=O) groups excluding carboxylic acids is 1. The minimum absolute atomic E-state index is 0.289. The van der Waals surface area contributed by atoms with Crippen molar-refractivity contribution in [3.05, 3.63) is 48.0 Å². The maximum absolute atomic E-state index is 11.0. The molecular formula is C14H15N5O. The summed E-state index contributed by atoms with van der Waals surface area (Å²) in [5.41, 5.74) is 7.57. The molecule has 3 rings (SSSR count). The van der Waals surface area contributed by atoms with Gasteiger partial charge in [-0.15, -0.1) is 0 Å². The van der Waals surface area contributed by atoms with Gasteiger partial charge in [0.1, 0.15) is 11.5 Å². The van der Waals surface area contributed by atoms with Crippen LogP contribution in [0.4, 0.5) is 0 Å². The first-order chi connectivity index (χ1) is 9.65. The van der Waals surface area contributed by atoms with Gasteiger partial charge < -0.3 is 10.3 Å². The van der Waals surface area contributed by atoms with Gasteiger partial charge in [0.05, 0.1) is 17.6 Å². The molecule has 0 bridgehead atoms. The zero-order valence-corrected chi connectivity index (χ0v) is 11.2. The topological polar surface area (TPSA) is 78.7 Å². The smallest absolute Gasteiger partial charge is 0.269 e. The van der Waals surface area contributed by atoms with Crippen LogP contribution >= 0.6 is 0 Å². The van der Waals surface area contributed by atoms with E-state index >= 15 is 0 Å². The molecule has 0 aliphatic rings. The van der Waals surface area contributed by atoms with E-state index in [1.165, 1.54) is 0 Å². The molecule has 0 aliphatic heterocycles. The molecule has 0 saturated heterocycles. The van der Waals surface area contributed by atoms with Crippen LogP contribution in [-0.4, -0.2) is 25.2 Å². The summed E-state index contributed by atoms with van der Waals surface area (Å²) in [5.74, 6) is 0.460. The molecule has 0 aliphatic carbocycles. The largest absolute Gasteiger partial charge is 0.364 e. The van der Waals surface area contributed by atoms with Crippen LogP contribution in [0, 0.1) is 6.92 Å². The fourth-order valence-electron chi connectivity index (χ4n) is 2.30. The van der Waals surface area contributed by atoms with Crippen LogP contribution in [-0.2, 0) is 13.1 Å². The van der Waals surface area contributed by atoms with Crippen molar-refractivity contribution in [2.75, 3.05) is 0 Å². The normalized spacial score (nSPS) is 11.1. The first kappa shape index (κ1) is 12.4. The number of aryl methyl sites for hydroxylation is 3. The van der Waals surface area contributed by atoms with Crippen molar-refractivity contribution in [2.45, 2.75) is 20.0 Å². The molecule has 0 spiro atoms. The third-order valence-corrected chi connectivity index (χ3v) is 3.29. The molecule has 1 aromatic carbocycles. The Morgan fingerprint density at radius 3 is 2.80 bits per heavy atom. The Kier molecular flexibility index (Phi) is 2.98. The Balaban J connectivity index is 1.82. The highest BCUT2D eigenvalue weighted by Gasteiger charge is 2.08. The predicted octanol–water partition coefficient (Wildman–Crippen LogP) is 1.34. The number of hydrogen-bond donors (Lipinski definition) is 1. The van der Waals surface area contributed by atoms with Crippen molar-refractivity contribution in [3.8, 4) is 0 Å². The van der Waals surface area contributed by atoms with E-state index in [2.05, 4.69) is 14.6 Å². The molecule has 2 N–H and O–H groups in total. The maximum atomic E-state index is 11.0. The Morgan fingerprint density at radius 2 is 2.05 bits per heavy atom. The number of para-hydroxylation sites is 2. The minimum Gasteiger partial charge on any atom is -0.364 e. The highest BCUT2D eigenvalue weighted by Crippen LogP contribution is 2.15. The summed E-state index contributed by atoms with van der Waals surface area (Å²) in [6.45, 7) is 3.39. The number of nitrogens with zero attached hydrogens (tertiary/aromatic N) is 4. The molecule has 1 amide bonds. The van der Waals surface area contributed by atoms with E-state index in [0.29, 0.717) is 6.54 Å². The average Bonchev–Trinajstić information content (AvgIpc) is 3.00. The number of imidazole rings is 1. The maximum Gasteiger partial charge on any atom is 0.269 e. The van der Waals surface area contributed by atoms with Gasteiger partial charge in [-0.05, 0) is 25.1 Å². The highest BCUT2D eigenvalue weighted by molar-refractivity contribution is 5.90. The first-order valence-corrected chi connectivity index (χ1v) is 6.40. The Bertz CT molecular complexity index is 771. The van der Waals surface area contributed by atoms with Gasteiger partial charge in [-0.2, -0.15) is 5.10 Å². The SMILES string of the molecule is Cc1nc2ccccc2n1CCn1ccc(C(N)=O)n1. The van der Waals surface area contributed by atoms with Crippen molar-refractivity contribution < 1.29 is 4.79 Å². The molecule has 102 valence electrons. The van der Waals surface area contributed by atoms with Crippen LogP contribution in [0.15, 0.2) is 36.5 Å². The molecule has 6 nitrogen and oxygen atoms in total. The standard InChI is InChI=1S/C14H15N5O/c1-10-16-11-4-2-3-5-13(11)19(10)9-8-18-7-6-12(17-18)14(15)20/h2-7H,8-9H2,1H3,(H2,15,20). The van der Waals surface area contributed by atoms with Gasteiger partial charge in [0.15, 0.2) is 0 Å². The van der Waals surface area contributed by atoms with Crippen LogP contribution in [0.5, 0.6) is 0 Å². The molecule has 2 heterocycles. The Morgan fingerprint density at radius 1 is 1.25 bits per heavy atom. The molecule has 3 aromatic rings. The third kappa shape index (κ3) is 2.16. The van der Waals surface area contributed by atoms with Crippen molar-refractivity contribution in [3.63, 3.8) is 0 Å². The minimum atomic E-state index is -0.506. The lowest BCUT2D eigenvalue weighted by atomic mass is 10.3. The van der Waals surface area contributed by atoms with E-state index in [4.69, 9.17) is 5.73 Å². The lowest BCUT2D eigenvalue weighted by Gasteiger charge is -2.07. The van der Waals surface area contributed by atoms with Gasteiger partial charge in [-0.25, -0.2) is 4.98 Å². The van der Waals surface area contributed by atoms with Crippen LogP contribution in [0.1, 0.15) is 16.3 Å². The number of fused-ring (bicyclic) bond motifs is 1. The second-order valence-corrected chi connectivity index (χ2v) is 4.63. The third-order valence-electron chi connectivity index (χ3n) is 3.29. The van der Waals surface area contributed by atoms with Gasteiger partial charge in [-0.3, -0.25) is 9.48 Å². The van der Waals surface area contributed by atoms with Crippen LogP contribution in [0.3, 0.4) is 0 Å². The fraction of sp³-hybridized carbons (Fsp3) is 0.214. The number of rotatable bonds is 4.